The molecule has 33 heavy (non-hydrogen) atoms. The number of sulfonamides is 1. The summed E-state index contributed by atoms with van der Waals surface area (Å²) in [5.74, 6) is 0.292. The summed E-state index contributed by atoms with van der Waals surface area (Å²) in [6, 6.07) is 11.5. The maximum atomic E-state index is 12.8. The molecule has 2 saturated heterocycles. The Kier molecular flexibility index (Phi) is 5.71. The molecule has 2 aromatic rings. The van der Waals surface area contributed by atoms with Gasteiger partial charge in [-0.1, -0.05) is 0 Å². The highest BCUT2D eigenvalue weighted by Crippen LogP contribution is 2.36. The highest BCUT2D eigenvalue weighted by atomic mass is 32.2. The van der Waals surface area contributed by atoms with Gasteiger partial charge in [-0.3, -0.25) is 9.59 Å². The maximum absolute atomic E-state index is 12.8. The molecule has 3 heterocycles. The van der Waals surface area contributed by atoms with Gasteiger partial charge in [0.1, 0.15) is 13.2 Å². The zero-order chi connectivity index (χ0) is 23.0. The molecule has 174 valence electrons. The van der Waals surface area contributed by atoms with Crippen LogP contribution in [0, 0.1) is 5.92 Å². The standard InChI is InChI=1S/C23H25N3O6S/c27-22-13-16(15-26(22)18-5-8-20-21(14-18)32-12-11-31-20)23(28)24-17-3-6-19(7-4-17)33(29,30)25-9-1-2-10-25/h3-8,14,16H,1-2,9-13,15H2,(H,24,28)/t16-/m0/s1. The van der Waals surface area contributed by atoms with Gasteiger partial charge in [0.2, 0.25) is 21.8 Å². The molecule has 0 unspecified atom stereocenters. The molecule has 9 nitrogen and oxygen atoms in total. The fourth-order valence-electron chi connectivity index (χ4n) is 4.36. The molecule has 3 aliphatic heterocycles. The minimum atomic E-state index is -3.50. The van der Waals surface area contributed by atoms with Gasteiger partial charge in [-0.15, -0.1) is 0 Å². The number of ether oxygens (including phenoxy) is 2. The molecule has 0 aromatic heterocycles. The van der Waals surface area contributed by atoms with Crippen molar-refractivity contribution in [3.8, 4) is 11.5 Å². The van der Waals surface area contributed by atoms with Crippen LogP contribution >= 0.6 is 0 Å². The Morgan fingerprint density at radius 1 is 0.970 bits per heavy atom. The molecule has 1 atom stereocenters. The lowest BCUT2D eigenvalue weighted by Crippen LogP contribution is -2.28. The van der Waals surface area contributed by atoms with Crippen LogP contribution in [0.2, 0.25) is 0 Å². The summed E-state index contributed by atoms with van der Waals surface area (Å²) in [5, 5.41) is 2.80. The Bertz CT molecular complexity index is 1180. The Hall–Kier alpha value is -3.11. The molecule has 0 spiro atoms. The van der Waals surface area contributed by atoms with Crippen molar-refractivity contribution >= 4 is 33.2 Å². The topological polar surface area (TPSA) is 105 Å². The molecule has 2 amide bonds. The van der Waals surface area contributed by atoms with E-state index in [1.165, 1.54) is 16.4 Å². The Morgan fingerprint density at radius 3 is 2.39 bits per heavy atom. The zero-order valence-corrected chi connectivity index (χ0v) is 18.8. The smallest absolute Gasteiger partial charge is 0.243 e. The van der Waals surface area contributed by atoms with Crippen LogP contribution in [0.4, 0.5) is 11.4 Å². The average molecular weight is 472 g/mol. The Balaban J connectivity index is 1.24. The van der Waals surface area contributed by atoms with Crippen molar-refractivity contribution < 1.29 is 27.5 Å². The third kappa shape index (κ3) is 4.28. The highest BCUT2D eigenvalue weighted by Gasteiger charge is 2.36. The summed E-state index contributed by atoms with van der Waals surface area (Å²) in [6.45, 7) is 2.27. The number of nitrogens with one attached hydrogen (secondary N) is 1. The van der Waals surface area contributed by atoms with Gasteiger partial charge in [-0.2, -0.15) is 4.31 Å². The van der Waals surface area contributed by atoms with Crippen molar-refractivity contribution in [2.45, 2.75) is 24.2 Å². The summed E-state index contributed by atoms with van der Waals surface area (Å²) in [6.07, 6.45) is 1.84. The number of benzene rings is 2. The first-order valence-corrected chi connectivity index (χ1v) is 12.5. The van der Waals surface area contributed by atoms with Crippen molar-refractivity contribution in [2.24, 2.45) is 5.92 Å². The number of carbonyl (C=O) groups is 2. The number of rotatable bonds is 5. The van der Waals surface area contributed by atoms with E-state index in [0.29, 0.717) is 49.2 Å². The van der Waals surface area contributed by atoms with Crippen LogP contribution < -0.4 is 19.7 Å². The Labute approximate surface area is 192 Å². The number of nitrogens with zero attached hydrogens (tertiary/aromatic N) is 2. The van der Waals surface area contributed by atoms with Gasteiger partial charge in [-0.25, -0.2) is 8.42 Å². The van der Waals surface area contributed by atoms with Gasteiger partial charge in [0.15, 0.2) is 11.5 Å². The van der Waals surface area contributed by atoms with Crippen molar-refractivity contribution in [1.82, 2.24) is 4.31 Å². The largest absolute Gasteiger partial charge is 0.486 e. The van der Waals surface area contributed by atoms with E-state index < -0.39 is 15.9 Å². The van der Waals surface area contributed by atoms with Crippen LogP contribution in [0.1, 0.15) is 19.3 Å². The average Bonchev–Trinajstić information content (AvgIpc) is 3.50. The van der Waals surface area contributed by atoms with E-state index in [-0.39, 0.29) is 29.7 Å². The van der Waals surface area contributed by atoms with Gasteiger partial charge in [0.05, 0.1) is 10.8 Å². The first-order chi connectivity index (χ1) is 15.9. The SMILES string of the molecule is O=C(Nc1ccc(S(=O)(=O)N2CCCC2)cc1)[C@H]1CC(=O)N(c2ccc3c(c2)OCCO3)C1. The number of amides is 2. The number of anilines is 2. The lowest BCUT2D eigenvalue weighted by Gasteiger charge is -2.22. The van der Waals surface area contributed by atoms with Gasteiger partial charge in [0, 0.05) is 43.5 Å². The van der Waals surface area contributed by atoms with Crippen LogP contribution in [0.25, 0.3) is 0 Å². The lowest BCUT2D eigenvalue weighted by molar-refractivity contribution is -0.122. The van der Waals surface area contributed by atoms with Crippen LogP contribution in [0.5, 0.6) is 11.5 Å². The minimum Gasteiger partial charge on any atom is -0.486 e. The molecule has 0 saturated carbocycles. The molecule has 5 rings (SSSR count). The van der Waals surface area contributed by atoms with Crippen molar-refractivity contribution in [1.29, 1.82) is 0 Å². The summed E-state index contributed by atoms with van der Waals surface area (Å²) in [7, 11) is -3.50. The fraction of sp³-hybridized carbons (Fsp3) is 0.391. The first-order valence-electron chi connectivity index (χ1n) is 11.0. The quantitative estimate of drug-likeness (QED) is 0.717. The minimum absolute atomic E-state index is 0.0989. The number of hydrogen-bond donors (Lipinski definition) is 1. The number of hydrogen-bond acceptors (Lipinski definition) is 6. The van der Waals surface area contributed by atoms with Crippen molar-refractivity contribution in [2.75, 3.05) is 43.1 Å². The van der Waals surface area contributed by atoms with Gasteiger partial charge < -0.3 is 19.7 Å². The third-order valence-corrected chi connectivity index (χ3v) is 8.07. The first kappa shape index (κ1) is 21.7. The molecule has 3 aliphatic rings. The van der Waals surface area contributed by atoms with E-state index in [1.807, 2.05) is 0 Å². The van der Waals surface area contributed by atoms with Crippen LogP contribution in [0.3, 0.4) is 0 Å². The molecule has 1 N–H and O–H groups in total. The van der Waals surface area contributed by atoms with Crippen molar-refractivity contribution in [3.05, 3.63) is 42.5 Å². The summed E-state index contributed by atoms with van der Waals surface area (Å²) >= 11 is 0. The molecule has 2 fully saturated rings. The fourth-order valence-corrected chi connectivity index (χ4v) is 5.88. The molecule has 2 aromatic carbocycles. The second kappa shape index (κ2) is 8.68. The molecular formula is C23H25N3O6S. The van der Waals surface area contributed by atoms with E-state index in [0.717, 1.165) is 12.8 Å². The second-order valence-corrected chi connectivity index (χ2v) is 10.3. The van der Waals surface area contributed by atoms with E-state index >= 15 is 0 Å². The zero-order valence-electron chi connectivity index (χ0n) is 18.0. The number of fused-ring (bicyclic) bond motifs is 1. The van der Waals surface area contributed by atoms with Gasteiger partial charge in [-0.05, 0) is 49.2 Å². The predicted octanol–water partition coefficient (Wildman–Crippen LogP) is 2.23. The van der Waals surface area contributed by atoms with E-state index in [1.54, 1.807) is 35.2 Å². The van der Waals surface area contributed by atoms with Crippen LogP contribution in [0.15, 0.2) is 47.4 Å². The molecule has 0 bridgehead atoms. The summed E-state index contributed by atoms with van der Waals surface area (Å²) < 4.78 is 37.9. The summed E-state index contributed by atoms with van der Waals surface area (Å²) in [5.41, 5.74) is 1.15. The molecule has 0 aliphatic carbocycles. The normalized spacial score (nSPS) is 20.8. The molecule has 10 heteroatoms. The van der Waals surface area contributed by atoms with Crippen LogP contribution in [-0.4, -0.2) is 57.4 Å². The summed E-state index contributed by atoms with van der Waals surface area (Å²) in [4.78, 5) is 27.2. The van der Waals surface area contributed by atoms with E-state index in [4.69, 9.17) is 9.47 Å². The highest BCUT2D eigenvalue weighted by molar-refractivity contribution is 7.89. The number of carbonyl (C=O) groups excluding carboxylic acids is 2. The maximum Gasteiger partial charge on any atom is 0.243 e. The van der Waals surface area contributed by atoms with Crippen LogP contribution in [-0.2, 0) is 19.6 Å². The van der Waals surface area contributed by atoms with E-state index in [9.17, 15) is 18.0 Å². The van der Waals surface area contributed by atoms with Crippen molar-refractivity contribution in [3.63, 3.8) is 0 Å². The second-order valence-electron chi connectivity index (χ2n) is 8.36. The van der Waals surface area contributed by atoms with Gasteiger partial charge >= 0.3 is 0 Å². The molecular weight excluding hydrogens is 446 g/mol. The predicted molar refractivity (Wildman–Crippen MR) is 121 cm³/mol. The molecule has 0 radical (unpaired) electrons. The monoisotopic (exact) mass is 471 g/mol. The van der Waals surface area contributed by atoms with E-state index in [2.05, 4.69) is 5.32 Å². The third-order valence-electron chi connectivity index (χ3n) is 6.16. The van der Waals surface area contributed by atoms with Gasteiger partial charge in [0.25, 0.3) is 0 Å². The lowest BCUT2D eigenvalue weighted by atomic mass is 10.1. The Morgan fingerprint density at radius 2 is 1.67 bits per heavy atom.